The lowest BCUT2D eigenvalue weighted by Gasteiger charge is -2.17. The third-order valence-corrected chi connectivity index (χ3v) is 3.53. The second-order valence-electron chi connectivity index (χ2n) is 5.40. The van der Waals surface area contributed by atoms with Crippen molar-refractivity contribution in [3.05, 3.63) is 70.3 Å². The van der Waals surface area contributed by atoms with Gasteiger partial charge in [0, 0.05) is 13.1 Å². The molecular weight excluding hydrogens is 244 g/mol. The first kappa shape index (κ1) is 14.3. The van der Waals surface area contributed by atoms with E-state index in [1.54, 1.807) is 0 Å². The van der Waals surface area contributed by atoms with Gasteiger partial charge < -0.3 is 0 Å². The molecule has 0 unspecified atom stereocenters. The molecule has 0 N–H and O–H groups in total. The van der Waals surface area contributed by atoms with Crippen molar-refractivity contribution in [1.29, 1.82) is 5.26 Å². The van der Waals surface area contributed by atoms with Crippen molar-refractivity contribution in [1.82, 2.24) is 4.90 Å². The number of aryl methyl sites for hydroxylation is 2. The monoisotopic (exact) mass is 264 g/mol. The quantitative estimate of drug-likeness (QED) is 0.839. The molecule has 0 aliphatic carbocycles. The second-order valence-corrected chi connectivity index (χ2v) is 5.40. The number of rotatable bonds is 4. The van der Waals surface area contributed by atoms with E-state index in [2.05, 4.69) is 56.1 Å². The molecule has 0 amide bonds. The number of nitriles is 1. The van der Waals surface area contributed by atoms with Crippen LogP contribution in [-0.2, 0) is 13.1 Å². The Kier molecular flexibility index (Phi) is 4.55. The molecule has 0 saturated carbocycles. The van der Waals surface area contributed by atoms with Crippen LogP contribution in [0.25, 0.3) is 0 Å². The third-order valence-electron chi connectivity index (χ3n) is 3.53. The molecule has 0 bridgehead atoms. The highest BCUT2D eigenvalue weighted by Crippen LogP contribution is 2.13. The average molecular weight is 264 g/mol. The van der Waals surface area contributed by atoms with Gasteiger partial charge in [-0.3, -0.25) is 4.90 Å². The fourth-order valence-corrected chi connectivity index (χ4v) is 2.32. The molecule has 2 rings (SSSR count). The maximum Gasteiger partial charge on any atom is 0.0991 e. The molecule has 0 aliphatic rings. The molecule has 0 spiro atoms. The molecule has 20 heavy (non-hydrogen) atoms. The lowest BCUT2D eigenvalue weighted by molar-refractivity contribution is 0.319. The van der Waals surface area contributed by atoms with Crippen LogP contribution in [0.2, 0.25) is 0 Å². The minimum absolute atomic E-state index is 0.724. The maximum atomic E-state index is 8.92. The molecule has 0 heterocycles. The Hall–Kier alpha value is -2.11. The van der Waals surface area contributed by atoms with Crippen molar-refractivity contribution in [3.8, 4) is 6.07 Å². The summed E-state index contributed by atoms with van der Waals surface area (Å²) in [5.41, 5.74) is 5.89. The molecule has 0 atom stereocenters. The zero-order valence-corrected chi connectivity index (χ0v) is 12.4. The van der Waals surface area contributed by atoms with E-state index in [4.69, 9.17) is 5.26 Å². The predicted octanol–water partition coefficient (Wildman–Crippen LogP) is 3.81. The summed E-state index contributed by atoms with van der Waals surface area (Å²) >= 11 is 0. The minimum atomic E-state index is 0.724. The van der Waals surface area contributed by atoms with E-state index < -0.39 is 0 Å². The molecule has 2 aromatic carbocycles. The number of hydrogen-bond acceptors (Lipinski definition) is 2. The molecule has 0 radical (unpaired) electrons. The molecule has 0 saturated heterocycles. The molecule has 2 heteroatoms. The first-order valence-corrected chi connectivity index (χ1v) is 6.82. The van der Waals surface area contributed by atoms with Crippen molar-refractivity contribution in [2.75, 3.05) is 7.05 Å². The summed E-state index contributed by atoms with van der Waals surface area (Å²) in [4.78, 5) is 2.26. The molecule has 2 nitrogen and oxygen atoms in total. The van der Waals surface area contributed by atoms with Gasteiger partial charge >= 0.3 is 0 Å². The van der Waals surface area contributed by atoms with Crippen molar-refractivity contribution in [2.45, 2.75) is 26.9 Å². The molecule has 0 aromatic heterocycles. The molecular formula is C18H20N2. The SMILES string of the molecule is Cc1ccc(CN(C)Cc2cccc(C#N)c2)cc1C. The van der Waals surface area contributed by atoms with E-state index in [0.717, 1.165) is 18.7 Å². The standard InChI is InChI=1S/C18H20N2/c1-14-7-8-18(9-15(14)2)13-20(3)12-17-6-4-5-16(10-17)11-19/h4-10H,12-13H2,1-3H3. The van der Waals surface area contributed by atoms with E-state index in [9.17, 15) is 0 Å². The first-order chi connectivity index (χ1) is 9.58. The fourth-order valence-electron chi connectivity index (χ4n) is 2.32. The maximum absolute atomic E-state index is 8.92. The highest BCUT2D eigenvalue weighted by molar-refractivity contribution is 5.33. The normalized spacial score (nSPS) is 10.6. The lowest BCUT2D eigenvalue weighted by Crippen LogP contribution is -2.17. The van der Waals surface area contributed by atoms with E-state index in [0.29, 0.717) is 0 Å². The minimum Gasteiger partial charge on any atom is -0.298 e. The van der Waals surface area contributed by atoms with Crippen LogP contribution >= 0.6 is 0 Å². The predicted molar refractivity (Wildman–Crippen MR) is 82.2 cm³/mol. The van der Waals surface area contributed by atoms with Gasteiger partial charge in [-0.1, -0.05) is 30.3 Å². The van der Waals surface area contributed by atoms with Crippen LogP contribution in [-0.4, -0.2) is 11.9 Å². The van der Waals surface area contributed by atoms with Crippen LogP contribution in [0.1, 0.15) is 27.8 Å². The van der Waals surface area contributed by atoms with Gasteiger partial charge in [-0.25, -0.2) is 0 Å². The van der Waals surface area contributed by atoms with E-state index in [-0.39, 0.29) is 0 Å². The van der Waals surface area contributed by atoms with Gasteiger partial charge in [-0.15, -0.1) is 0 Å². The van der Waals surface area contributed by atoms with Gasteiger partial charge in [0.05, 0.1) is 11.6 Å². The van der Waals surface area contributed by atoms with Crippen LogP contribution in [0.4, 0.5) is 0 Å². The molecule has 102 valence electrons. The number of hydrogen-bond donors (Lipinski definition) is 0. The van der Waals surface area contributed by atoms with Gasteiger partial charge in [0.25, 0.3) is 0 Å². The first-order valence-electron chi connectivity index (χ1n) is 6.82. The molecule has 0 aliphatic heterocycles. The summed E-state index contributed by atoms with van der Waals surface area (Å²) in [6, 6.07) is 16.6. The number of nitrogens with zero attached hydrogens (tertiary/aromatic N) is 2. The van der Waals surface area contributed by atoms with Crippen LogP contribution in [0, 0.1) is 25.2 Å². The van der Waals surface area contributed by atoms with Gasteiger partial charge in [-0.2, -0.15) is 5.26 Å². The summed E-state index contributed by atoms with van der Waals surface area (Å²) < 4.78 is 0. The van der Waals surface area contributed by atoms with Crippen LogP contribution < -0.4 is 0 Å². The highest BCUT2D eigenvalue weighted by atomic mass is 15.1. The van der Waals surface area contributed by atoms with E-state index in [1.807, 2.05) is 18.2 Å². The third kappa shape index (κ3) is 3.69. The summed E-state index contributed by atoms with van der Waals surface area (Å²) in [5, 5.41) is 8.92. The Balaban J connectivity index is 2.03. The Labute approximate surface area is 121 Å². The number of benzene rings is 2. The fraction of sp³-hybridized carbons (Fsp3) is 0.278. The Morgan fingerprint density at radius 2 is 1.65 bits per heavy atom. The van der Waals surface area contributed by atoms with Crippen LogP contribution in [0.5, 0.6) is 0 Å². The molecule has 2 aromatic rings. The van der Waals surface area contributed by atoms with E-state index in [1.165, 1.54) is 22.3 Å². The summed E-state index contributed by atoms with van der Waals surface area (Å²) in [5.74, 6) is 0. The van der Waals surface area contributed by atoms with Gasteiger partial charge in [0.2, 0.25) is 0 Å². The summed E-state index contributed by atoms with van der Waals surface area (Å²) in [6.45, 7) is 6.05. The second kappa shape index (κ2) is 6.36. The summed E-state index contributed by atoms with van der Waals surface area (Å²) in [6.07, 6.45) is 0. The van der Waals surface area contributed by atoms with Gasteiger partial charge in [0.15, 0.2) is 0 Å². The summed E-state index contributed by atoms with van der Waals surface area (Å²) in [7, 11) is 2.11. The smallest absolute Gasteiger partial charge is 0.0991 e. The average Bonchev–Trinajstić information content (AvgIpc) is 2.43. The van der Waals surface area contributed by atoms with E-state index >= 15 is 0 Å². The van der Waals surface area contributed by atoms with Crippen molar-refractivity contribution in [2.24, 2.45) is 0 Å². The van der Waals surface area contributed by atoms with Crippen molar-refractivity contribution < 1.29 is 0 Å². The largest absolute Gasteiger partial charge is 0.298 e. The molecule has 0 fully saturated rings. The Morgan fingerprint density at radius 1 is 0.950 bits per heavy atom. The Morgan fingerprint density at radius 3 is 2.30 bits per heavy atom. The lowest BCUT2D eigenvalue weighted by atomic mass is 10.1. The van der Waals surface area contributed by atoms with Gasteiger partial charge in [-0.05, 0) is 55.3 Å². The van der Waals surface area contributed by atoms with Crippen molar-refractivity contribution in [3.63, 3.8) is 0 Å². The topological polar surface area (TPSA) is 27.0 Å². The van der Waals surface area contributed by atoms with Crippen LogP contribution in [0.15, 0.2) is 42.5 Å². The van der Waals surface area contributed by atoms with Crippen molar-refractivity contribution >= 4 is 0 Å². The zero-order chi connectivity index (χ0) is 14.5. The van der Waals surface area contributed by atoms with Gasteiger partial charge in [0.1, 0.15) is 0 Å². The van der Waals surface area contributed by atoms with Crippen LogP contribution in [0.3, 0.4) is 0 Å². The highest BCUT2D eigenvalue weighted by Gasteiger charge is 2.04. The zero-order valence-electron chi connectivity index (χ0n) is 12.4. The Bertz CT molecular complexity index is 638.